The summed E-state index contributed by atoms with van der Waals surface area (Å²) in [5.41, 5.74) is 2.09. The molecule has 2 aromatic carbocycles. The van der Waals surface area contributed by atoms with Gasteiger partial charge in [0.15, 0.2) is 6.61 Å². The van der Waals surface area contributed by atoms with Crippen molar-refractivity contribution in [3.8, 4) is 5.75 Å². The zero-order valence-corrected chi connectivity index (χ0v) is 16.1. The van der Waals surface area contributed by atoms with Crippen molar-refractivity contribution in [3.63, 3.8) is 0 Å². The van der Waals surface area contributed by atoms with Gasteiger partial charge in [0.05, 0.1) is 5.69 Å². The zero-order chi connectivity index (χ0) is 20.8. The van der Waals surface area contributed by atoms with Gasteiger partial charge in [-0.3, -0.25) is 9.59 Å². The molecule has 2 aromatic rings. The predicted molar refractivity (Wildman–Crippen MR) is 108 cm³/mol. The van der Waals surface area contributed by atoms with Crippen molar-refractivity contribution >= 4 is 29.3 Å². The number of benzene rings is 2. The summed E-state index contributed by atoms with van der Waals surface area (Å²) in [5.74, 6) is -0.509. The fourth-order valence-corrected chi connectivity index (χ4v) is 3.12. The van der Waals surface area contributed by atoms with Crippen LogP contribution in [0.15, 0.2) is 48.5 Å². The average Bonchev–Trinajstić information content (AvgIpc) is 2.70. The lowest BCUT2D eigenvalue weighted by Gasteiger charge is -2.26. The Morgan fingerprint density at radius 1 is 1.21 bits per heavy atom. The van der Waals surface area contributed by atoms with Crippen LogP contribution in [0.2, 0.25) is 0 Å². The number of carbonyl (C=O) groups is 3. The molecule has 8 heteroatoms. The summed E-state index contributed by atoms with van der Waals surface area (Å²) in [4.78, 5) is 36.7. The van der Waals surface area contributed by atoms with E-state index in [1.807, 2.05) is 30.3 Å². The molecule has 0 saturated carbocycles. The second kappa shape index (κ2) is 9.09. The SMILES string of the molecule is CN1C(=O)COc2ccc(NC(=O)NC(CCC(=O)O)Cc3ccccc3)cc21. The number of carboxylic acids is 1. The monoisotopic (exact) mass is 397 g/mol. The molecule has 1 aliphatic heterocycles. The lowest BCUT2D eigenvalue weighted by Crippen LogP contribution is -2.40. The summed E-state index contributed by atoms with van der Waals surface area (Å²) >= 11 is 0. The Labute approximate surface area is 168 Å². The molecule has 152 valence electrons. The average molecular weight is 397 g/mol. The van der Waals surface area contributed by atoms with Gasteiger partial charge in [-0.2, -0.15) is 0 Å². The number of fused-ring (bicyclic) bond motifs is 1. The number of hydrogen-bond acceptors (Lipinski definition) is 4. The largest absolute Gasteiger partial charge is 0.482 e. The first-order chi connectivity index (χ1) is 13.9. The van der Waals surface area contributed by atoms with Crippen LogP contribution in [0, 0.1) is 0 Å². The number of amides is 3. The topological polar surface area (TPSA) is 108 Å². The van der Waals surface area contributed by atoms with E-state index >= 15 is 0 Å². The smallest absolute Gasteiger partial charge is 0.319 e. The molecule has 1 aliphatic rings. The molecular weight excluding hydrogens is 374 g/mol. The third-order valence-electron chi connectivity index (χ3n) is 4.67. The van der Waals surface area contributed by atoms with E-state index in [1.165, 1.54) is 4.90 Å². The van der Waals surface area contributed by atoms with Crippen LogP contribution in [0.1, 0.15) is 18.4 Å². The fraction of sp³-hybridized carbons (Fsp3) is 0.286. The Morgan fingerprint density at radius 2 is 1.97 bits per heavy atom. The molecule has 0 spiro atoms. The van der Waals surface area contributed by atoms with Crippen molar-refractivity contribution in [3.05, 3.63) is 54.1 Å². The molecule has 0 fully saturated rings. The molecule has 0 radical (unpaired) electrons. The van der Waals surface area contributed by atoms with Gasteiger partial charge in [-0.05, 0) is 36.6 Å². The van der Waals surface area contributed by atoms with Gasteiger partial charge in [0.1, 0.15) is 5.75 Å². The summed E-state index contributed by atoms with van der Waals surface area (Å²) in [6.45, 7) is -0.0124. The van der Waals surface area contributed by atoms with Crippen molar-refractivity contribution in [2.75, 3.05) is 23.9 Å². The molecule has 0 aromatic heterocycles. The summed E-state index contributed by atoms with van der Waals surface area (Å²) < 4.78 is 5.38. The number of aliphatic carboxylic acids is 1. The minimum absolute atomic E-state index is 0.0124. The number of hydrogen-bond donors (Lipinski definition) is 3. The number of anilines is 2. The van der Waals surface area contributed by atoms with Gasteiger partial charge >= 0.3 is 12.0 Å². The lowest BCUT2D eigenvalue weighted by atomic mass is 10.0. The highest BCUT2D eigenvalue weighted by Crippen LogP contribution is 2.33. The minimum Gasteiger partial charge on any atom is -0.482 e. The number of nitrogens with zero attached hydrogens (tertiary/aromatic N) is 1. The van der Waals surface area contributed by atoms with E-state index in [-0.39, 0.29) is 25.0 Å². The molecule has 29 heavy (non-hydrogen) atoms. The molecule has 1 unspecified atom stereocenters. The lowest BCUT2D eigenvalue weighted by molar-refractivity contribution is -0.137. The Bertz CT molecular complexity index is 900. The van der Waals surface area contributed by atoms with Crippen LogP contribution in [-0.4, -0.2) is 42.7 Å². The maximum absolute atomic E-state index is 12.5. The molecular formula is C21H23N3O5. The van der Waals surface area contributed by atoms with Crippen LogP contribution in [0.5, 0.6) is 5.75 Å². The summed E-state index contributed by atoms with van der Waals surface area (Å²) in [6, 6.07) is 13.8. The van der Waals surface area contributed by atoms with Crippen LogP contribution in [0.3, 0.4) is 0 Å². The van der Waals surface area contributed by atoms with Crippen molar-refractivity contribution in [1.29, 1.82) is 0 Å². The summed E-state index contributed by atoms with van der Waals surface area (Å²) in [6.07, 6.45) is 0.796. The Morgan fingerprint density at radius 3 is 2.69 bits per heavy atom. The number of carboxylic acid groups (broad SMARTS) is 1. The molecule has 3 N–H and O–H groups in total. The van der Waals surface area contributed by atoms with Gasteiger partial charge in [0, 0.05) is 25.2 Å². The highest BCUT2D eigenvalue weighted by molar-refractivity contribution is 5.99. The van der Waals surface area contributed by atoms with Crippen LogP contribution >= 0.6 is 0 Å². The molecule has 0 bridgehead atoms. The Balaban J connectivity index is 1.66. The van der Waals surface area contributed by atoms with Crippen LogP contribution in [0.25, 0.3) is 0 Å². The van der Waals surface area contributed by atoms with Gasteiger partial charge < -0.3 is 25.4 Å². The number of ether oxygens (including phenoxy) is 1. The van der Waals surface area contributed by atoms with Crippen molar-refractivity contribution in [2.24, 2.45) is 0 Å². The quantitative estimate of drug-likeness (QED) is 0.666. The first-order valence-electron chi connectivity index (χ1n) is 9.29. The molecule has 0 aliphatic carbocycles. The third-order valence-corrected chi connectivity index (χ3v) is 4.67. The van der Waals surface area contributed by atoms with Gasteiger partial charge in [0.25, 0.3) is 5.91 Å². The standard InChI is InChI=1S/C21H23N3O5/c1-24-17-12-16(7-9-18(17)29-13-19(24)25)23-21(28)22-15(8-10-20(26)27)11-14-5-3-2-4-6-14/h2-7,9,12,15H,8,10-11,13H2,1H3,(H,26,27)(H2,22,23,28). The fourth-order valence-electron chi connectivity index (χ4n) is 3.12. The molecule has 1 atom stereocenters. The summed E-state index contributed by atoms with van der Waals surface area (Å²) in [7, 11) is 1.65. The summed E-state index contributed by atoms with van der Waals surface area (Å²) in [5, 5.41) is 14.6. The molecule has 0 saturated heterocycles. The second-order valence-corrected chi connectivity index (χ2v) is 6.84. The van der Waals surface area contributed by atoms with Crippen LogP contribution in [-0.2, 0) is 16.0 Å². The van der Waals surface area contributed by atoms with Gasteiger partial charge in [-0.25, -0.2) is 4.79 Å². The van der Waals surface area contributed by atoms with Crippen molar-refractivity contribution in [2.45, 2.75) is 25.3 Å². The van der Waals surface area contributed by atoms with E-state index in [2.05, 4.69) is 10.6 Å². The predicted octanol–water partition coefficient (Wildman–Crippen LogP) is 2.64. The molecule has 1 heterocycles. The molecule has 8 nitrogen and oxygen atoms in total. The molecule has 3 rings (SSSR count). The van der Waals surface area contributed by atoms with Crippen LogP contribution < -0.4 is 20.3 Å². The van der Waals surface area contributed by atoms with E-state index in [1.54, 1.807) is 25.2 Å². The van der Waals surface area contributed by atoms with Crippen LogP contribution in [0.4, 0.5) is 16.2 Å². The highest BCUT2D eigenvalue weighted by Gasteiger charge is 2.23. The Hall–Kier alpha value is -3.55. The number of urea groups is 1. The first-order valence-corrected chi connectivity index (χ1v) is 9.29. The maximum Gasteiger partial charge on any atom is 0.319 e. The second-order valence-electron chi connectivity index (χ2n) is 6.84. The van der Waals surface area contributed by atoms with Gasteiger partial charge in [0.2, 0.25) is 0 Å². The minimum atomic E-state index is -0.910. The first kappa shape index (κ1) is 20.2. The number of rotatable bonds is 7. The zero-order valence-electron chi connectivity index (χ0n) is 16.1. The highest BCUT2D eigenvalue weighted by atomic mass is 16.5. The normalized spacial score (nSPS) is 13.8. The molecule has 3 amide bonds. The maximum atomic E-state index is 12.5. The number of likely N-dealkylation sites (N-methyl/N-ethyl adjacent to an activating group) is 1. The van der Waals surface area contributed by atoms with Crippen molar-refractivity contribution in [1.82, 2.24) is 5.32 Å². The van der Waals surface area contributed by atoms with Crippen molar-refractivity contribution < 1.29 is 24.2 Å². The van der Waals surface area contributed by atoms with E-state index in [9.17, 15) is 14.4 Å². The number of nitrogens with one attached hydrogen (secondary N) is 2. The Kier molecular flexibility index (Phi) is 6.33. The van der Waals surface area contributed by atoms with E-state index < -0.39 is 12.0 Å². The van der Waals surface area contributed by atoms with E-state index in [4.69, 9.17) is 9.84 Å². The van der Waals surface area contributed by atoms with Gasteiger partial charge in [-0.15, -0.1) is 0 Å². The third kappa shape index (κ3) is 5.47. The van der Waals surface area contributed by atoms with Gasteiger partial charge in [-0.1, -0.05) is 30.3 Å². The van der Waals surface area contributed by atoms with E-state index in [0.29, 0.717) is 30.0 Å². The van der Waals surface area contributed by atoms with E-state index in [0.717, 1.165) is 5.56 Å². The number of carbonyl (C=O) groups excluding carboxylic acids is 2.